The van der Waals surface area contributed by atoms with Crippen molar-refractivity contribution in [3.63, 3.8) is 0 Å². The van der Waals surface area contributed by atoms with Crippen molar-refractivity contribution in [3.05, 3.63) is 29.3 Å². The molecule has 0 bridgehead atoms. The minimum atomic E-state index is -4.35. The lowest BCUT2D eigenvalue weighted by molar-refractivity contribution is -0.137. The van der Waals surface area contributed by atoms with Crippen LogP contribution in [0.15, 0.2) is 18.2 Å². The highest BCUT2D eigenvalue weighted by Gasteiger charge is 2.42. The molecule has 1 fully saturated rings. The SMILES string of the molecule is Nc1cc(C(F)(F)F)ccc1C1(N)CC1. The Morgan fingerprint density at radius 2 is 1.80 bits per heavy atom. The molecule has 4 N–H and O–H groups in total. The predicted molar refractivity (Wildman–Crippen MR) is 51.0 cm³/mol. The molecule has 0 atom stereocenters. The van der Waals surface area contributed by atoms with Crippen molar-refractivity contribution in [1.29, 1.82) is 0 Å². The number of anilines is 1. The van der Waals surface area contributed by atoms with Gasteiger partial charge >= 0.3 is 6.18 Å². The van der Waals surface area contributed by atoms with Crippen molar-refractivity contribution in [3.8, 4) is 0 Å². The summed E-state index contributed by atoms with van der Waals surface area (Å²) in [5.41, 5.74) is 11.0. The van der Waals surface area contributed by atoms with Crippen molar-refractivity contribution in [2.24, 2.45) is 5.73 Å². The molecular formula is C10H11F3N2. The summed E-state index contributed by atoms with van der Waals surface area (Å²) >= 11 is 0. The van der Waals surface area contributed by atoms with Crippen LogP contribution in [0.2, 0.25) is 0 Å². The first-order valence-corrected chi connectivity index (χ1v) is 4.59. The Labute approximate surface area is 85.1 Å². The Morgan fingerprint density at radius 3 is 2.20 bits per heavy atom. The number of benzene rings is 1. The molecule has 0 aromatic heterocycles. The fourth-order valence-corrected chi connectivity index (χ4v) is 1.60. The Bertz CT molecular complexity index is 394. The van der Waals surface area contributed by atoms with Gasteiger partial charge in [0.15, 0.2) is 0 Å². The molecule has 0 radical (unpaired) electrons. The summed E-state index contributed by atoms with van der Waals surface area (Å²) in [6, 6.07) is 3.35. The van der Waals surface area contributed by atoms with E-state index in [2.05, 4.69) is 0 Å². The molecule has 0 aliphatic heterocycles. The van der Waals surface area contributed by atoms with E-state index in [1.807, 2.05) is 0 Å². The summed E-state index contributed by atoms with van der Waals surface area (Å²) in [5.74, 6) is 0. The molecule has 0 heterocycles. The van der Waals surface area contributed by atoms with Crippen molar-refractivity contribution in [2.45, 2.75) is 24.6 Å². The number of hydrogen-bond acceptors (Lipinski definition) is 2. The Hall–Kier alpha value is -1.23. The number of halogens is 3. The minimum absolute atomic E-state index is 0.129. The predicted octanol–water partition coefficient (Wildman–Crippen LogP) is 2.24. The highest BCUT2D eigenvalue weighted by Crippen LogP contribution is 2.45. The third-order valence-electron chi connectivity index (χ3n) is 2.70. The minimum Gasteiger partial charge on any atom is -0.398 e. The average molecular weight is 216 g/mol. The van der Waals surface area contributed by atoms with Gasteiger partial charge in [-0.1, -0.05) is 6.07 Å². The van der Waals surface area contributed by atoms with E-state index in [1.54, 1.807) is 0 Å². The van der Waals surface area contributed by atoms with E-state index in [0.29, 0.717) is 5.56 Å². The molecular weight excluding hydrogens is 205 g/mol. The zero-order chi connectivity index (χ0) is 11.3. The third-order valence-corrected chi connectivity index (χ3v) is 2.70. The molecule has 15 heavy (non-hydrogen) atoms. The van der Waals surface area contributed by atoms with E-state index >= 15 is 0 Å². The molecule has 0 amide bonds. The normalized spacial score (nSPS) is 18.9. The van der Waals surface area contributed by atoms with Crippen LogP contribution in [-0.4, -0.2) is 0 Å². The fourth-order valence-electron chi connectivity index (χ4n) is 1.60. The van der Waals surface area contributed by atoms with Gasteiger partial charge in [0.2, 0.25) is 0 Å². The number of nitrogen functional groups attached to an aromatic ring is 1. The third kappa shape index (κ3) is 1.79. The molecule has 0 saturated heterocycles. The molecule has 2 nitrogen and oxygen atoms in total. The zero-order valence-corrected chi connectivity index (χ0v) is 7.93. The van der Waals surface area contributed by atoms with Gasteiger partial charge in [0.1, 0.15) is 0 Å². The summed E-state index contributed by atoms with van der Waals surface area (Å²) < 4.78 is 37.0. The van der Waals surface area contributed by atoms with Gasteiger partial charge in [0, 0.05) is 11.2 Å². The van der Waals surface area contributed by atoms with Crippen LogP contribution >= 0.6 is 0 Å². The number of nitrogens with two attached hydrogens (primary N) is 2. The van der Waals surface area contributed by atoms with E-state index in [0.717, 1.165) is 25.0 Å². The van der Waals surface area contributed by atoms with Gasteiger partial charge in [-0.05, 0) is 30.5 Å². The van der Waals surface area contributed by atoms with Crippen molar-refractivity contribution in [2.75, 3.05) is 5.73 Å². The van der Waals surface area contributed by atoms with E-state index in [1.165, 1.54) is 6.07 Å². The Morgan fingerprint density at radius 1 is 1.20 bits per heavy atom. The first-order valence-electron chi connectivity index (χ1n) is 4.59. The maximum atomic E-state index is 12.3. The van der Waals surface area contributed by atoms with Crippen LogP contribution in [0, 0.1) is 0 Å². The quantitative estimate of drug-likeness (QED) is 0.707. The lowest BCUT2D eigenvalue weighted by Crippen LogP contribution is -2.21. The van der Waals surface area contributed by atoms with Gasteiger partial charge in [-0.25, -0.2) is 0 Å². The molecule has 1 saturated carbocycles. The van der Waals surface area contributed by atoms with E-state index in [4.69, 9.17) is 11.5 Å². The summed E-state index contributed by atoms with van der Waals surface area (Å²) in [6.45, 7) is 0. The first kappa shape index (κ1) is 10.3. The summed E-state index contributed by atoms with van der Waals surface area (Å²) in [4.78, 5) is 0. The Kier molecular flexibility index (Phi) is 1.98. The van der Waals surface area contributed by atoms with Crippen molar-refractivity contribution in [1.82, 2.24) is 0 Å². The maximum Gasteiger partial charge on any atom is 0.416 e. The lowest BCUT2D eigenvalue weighted by Gasteiger charge is -2.14. The monoisotopic (exact) mass is 216 g/mol. The number of rotatable bonds is 1. The van der Waals surface area contributed by atoms with Gasteiger partial charge in [-0.2, -0.15) is 13.2 Å². The van der Waals surface area contributed by atoms with E-state index < -0.39 is 17.3 Å². The smallest absolute Gasteiger partial charge is 0.398 e. The highest BCUT2D eigenvalue weighted by atomic mass is 19.4. The molecule has 1 aliphatic rings. The molecule has 1 aromatic rings. The number of hydrogen-bond donors (Lipinski definition) is 2. The van der Waals surface area contributed by atoms with Gasteiger partial charge in [0.25, 0.3) is 0 Å². The van der Waals surface area contributed by atoms with Gasteiger partial charge in [-0.3, -0.25) is 0 Å². The zero-order valence-electron chi connectivity index (χ0n) is 7.93. The summed E-state index contributed by atoms with van der Waals surface area (Å²) in [7, 11) is 0. The van der Waals surface area contributed by atoms with Crippen LogP contribution in [0.25, 0.3) is 0 Å². The van der Waals surface area contributed by atoms with Crippen LogP contribution < -0.4 is 11.5 Å². The van der Waals surface area contributed by atoms with Crippen molar-refractivity contribution < 1.29 is 13.2 Å². The number of alkyl halides is 3. The van der Waals surface area contributed by atoms with Crippen LogP contribution in [0.1, 0.15) is 24.0 Å². The average Bonchev–Trinajstić information content (AvgIpc) is 2.82. The van der Waals surface area contributed by atoms with Crippen LogP contribution in [0.3, 0.4) is 0 Å². The second-order valence-corrected chi connectivity index (χ2v) is 3.96. The largest absolute Gasteiger partial charge is 0.416 e. The second-order valence-electron chi connectivity index (χ2n) is 3.96. The van der Waals surface area contributed by atoms with Gasteiger partial charge in [0.05, 0.1) is 5.56 Å². The molecule has 0 spiro atoms. The standard InChI is InChI=1S/C10H11F3N2/c11-10(12,13)6-1-2-7(8(14)5-6)9(15)3-4-9/h1-2,5H,3-4,14-15H2. The van der Waals surface area contributed by atoms with E-state index in [9.17, 15) is 13.2 Å². The van der Waals surface area contributed by atoms with Gasteiger partial charge in [-0.15, -0.1) is 0 Å². The molecule has 82 valence electrons. The maximum absolute atomic E-state index is 12.3. The molecule has 1 aromatic carbocycles. The lowest BCUT2D eigenvalue weighted by atomic mass is 10.0. The van der Waals surface area contributed by atoms with Crippen LogP contribution in [0.5, 0.6) is 0 Å². The highest BCUT2D eigenvalue weighted by molar-refractivity contribution is 5.54. The first-order chi connectivity index (χ1) is 6.83. The molecule has 0 unspecified atom stereocenters. The fraction of sp³-hybridized carbons (Fsp3) is 0.400. The van der Waals surface area contributed by atoms with Crippen LogP contribution in [-0.2, 0) is 11.7 Å². The topological polar surface area (TPSA) is 52.0 Å². The van der Waals surface area contributed by atoms with E-state index in [-0.39, 0.29) is 5.69 Å². The van der Waals surface area contributed by atoms with Crippen molar-refractivity contribution >= 4 is 5.69 Å². The molecule has 1 aliphatic carbocycles. The van der Waals surface area contributed by atoms with Gasteiger partial charge < -0.3 is 11.5 Å². The van der Waals surface area contributed by atoms with Crippen LogP contribution in [0.4, 0.5) is 18.9 Å². The summed E-state index contributed by atoms with van der Waals surface area (Å²) in [6.07, 6.45) is -2.79. The Balaban J connectivity index is 2.40. The molecule has 2 rings (SSSR count). The second kappa shape index (κ2) is 2.88. The summed E-state index contributed by atoms with van der Waals surface area (Å²) in [5, 5.41) is 0. The molecule has 5 heteroatoms.